The molecule has 1 atom stereocenters. The van der Waals surface area contributed by atoms with E-state index in [-0.39, 0.29) is 11.7 Å². The third-order valence-electron chi connectivity index (χ3n) is 6.44. The van der Waals surface area contributed by atoms with Gasteiger partial charge in [0.1, 0.15) is 11.6 Å². The summed E-state index contributed by atoms with van der Waals surface area (Å²) < 4.78 is 5.43. The second-order valence-corrected chi connectivity index (χ2v) is 7.85. The summed E-state index contributed by atoms with van der Waals surface area (Å²) >= 11 is 0. The van der Waals surface area contributed by atoms with E-state index < -0.39 is 5.92 Å². The molecule has 0 bridgehead atoms. The zero-order valence-corrected chi connectivity index (χ0v) is 17.2. The van der Waals surface area contributed by atoms with Gasteiger partial charge in [-0.15, -0.1) is 0 Å². The van der Waals surface area contributed by atoms with Crippen LogP contribution in [0.15, 0.2) is 77.8 Å². The SMILES string of the molecule is C=C1N(C)C(=O)C2=C(CC3=C(C(=O)c4ccccc43)C2c2cccc(OC)c2)N1C. The van der Waals surface area contributed by atoms with E-state index in [9.17, 15) is 9.59 Å². The number of ether oxygens (including phenoxy) is 1. The lowest BCUT2D eigenvalue weighted by molar-refractivity contribution is -0.126. The number of benzene rings is 2. The van der Waals surface area contributed by atoms with Gasteiger partial charge in [0.2, 0.25) is 0 Å². The first-order chi connectivity index (χ1) is 14.4. The number of rotatable bonds is 2. The minimum Gasteiger partial charge on any atom is -0.497 e. The van der Waals surface area contributed by atoms with Gasteiger partial charge in [0.15, 0.2) is 5.78 Å². The van der Waals surface area contributed by atoms with Crippen LogP contribution in [0.4, 0.5) is 0 Å². The highest BCUT2D eigenvalue weighted by Crippen LogP contribution is 2.53. The number of hydrogen-bond acceptors (Lipinski definition) is 4. The molecule has 3 aliphatic rings. The molecule has 0 saturated carbocycles. The number of Topliss-reactive ketones (excluding diaryl/α,β-unsaturated/α-hetero) is 1. The van der Waals surface area contributed by atoms with Crippen LogP contribution in [0.2, 0.25) is 0 Å². The number of carbonyl (C=O) groups is 2. The summed E-state index contributed by atoms with van der Waals surface area (Å²) in [4.78, 5) is 30.5. The number of carbonyl (C=O) groups excluding carboxylic acids is 2. The van der Waals surface area contributed by atoms with Gasteiger partial charge >= 0.3 is 0 Å². The number of nitrogens with zero attached hydrogens (tertiary/aromatic N) is 2. The smallest absolute Gasteiger partial charge is 0.257 e. The molecule has 5 rings (SSSR count). The normalized spacial score (nSPS) is 20.5. The van der Waals surface area contributed by atoms with E-state index in [0.29, 0.717) is 34.7 Å². The quantitative estimate of drug-likeness (QED) is 0.768. The minimum atomic E-state index is -0.454. The molecule has 150 valence electrons. The summed E-state index contributed by atoms with van der Waals surface area (Å²) in [7, 11) is 5.27. The van der Waals surface area contributed by atoms with Crippen molar-refractivity contribution in [2.45, 2.75) is 12.3 Å². The second kappa shape index (κ2) is 6.46. The van der Waals surface area contributed by atoms with Gasteiger partial charge in [-0.25, -0.2) is 0 Å². The monoisotopic (exact) mass is 398 g/mol. The first-order valence-electron chi connectivity index (χ1n) is 9.88. The summed E-state index contributed by atoms with van der Waals surface area (Å²) in [6, 6.07) is 15.3. The fraction of sp³-hybridized carbons (Fsp3) is 0.200. The van der Waals surface area contributed by atoms with Crippen LogP contribution in [0.1, 0.15) is 33.8 Å². The van der Waals surface area contributed by atoms with Crippen molar-refractivity contribution < 1.29 is 14.3 Å². The second-order valence-electron chi connectivity index (χ2n) is 7.85. The van der Waals surface area contributed by atoms with Crippen LogP contribution >= 0.6 is 0 Å². The van der Waals surface area contributed by atoms with Crippen LogP contribution in [0.3, 0.4) is 0 Å². The summed E-state index contributed by atoms with van der Waals surface area (Å²) in [5, 5.41) is 0. The Kier molecular flexibility index (Phi) is 3.97. The fourth-order valence-corrected chi connectivity index (χ4v) is 4.82. The first-order valence-corrected chi connectivity index (χ1v) is 9.88. The highest BCUT2D eigenvalue weighted by Gasteiger charge is 2.46. The van der Waals surface area contributed by atoms with Gasteiger partial charge in [-0.05, 0) is 28.8 Å². The minimum absolute atomic E-state index is 0.00229. The molecule has 1 amide bonds. The molecule has 2 aromatic rings. The van der Waals surface area contributed by atoms with Crippen molar-refractivity contribution in [3.63, 3.8) is 0 Å². The molecule has 0 aromatic heterocycles. The summed E-state index contributed by atoms with van der Waals surface area (Å²) in [5.74, 6) is 0.757. The Hall–Kier alpha value is -3.60. The fourth-order valence-electron chi connectivity index (χ4n) is 4.82. The Morgan fingerprint density at radius 3 is 2.43 bits per heavy atom. The van der Waals surface area contributed by atoms with E-state index >= 15 is 0 Å². The van der Waals surface area contributed by atoms with Gasteiger partial charge in [0, 0.05) is 48.8 Å². The third-order valence-corrected chi connectivity index (χ3v) is 6.44. The van der Waals surface area contributed by atoms with E-state index in [1.807, 2.05) is 60.5 Å². The topological polar surface area (TPSA) is 49.9 Å². The van der Waals surface area contributed by atoms with Crippen molar-refractivity contribution in [2.75, 3.05) is 21.2 Å². The van der Waals surface area contributed by atoms with Crippen molar-refractivity contribution in [1.82, 2.24) is 9.80 Å². The van der Waals surface area contributed by atoms with Crippen LogP contribution < -0.4 is 4.74 Å². The van der Waals surface area contributed by atoms with E-state index in [1.165, 1.54) is 0 Å². The molecule has 2 aliphatic carbocycles. The van der Waals surface area contributed by atoms with Gasteiger partial charge in [-0.1, -0.05) is 43.0 Å². The molecule has 30 heavy (non-hydrogen) atoms. The maximum absolute atomic E-state index is 13.5. The van der Waals surface area contributed by atoms with Crippen molar-refractivity contribution in [3.8, 4) is 5.75 Å². The lowest BCUT2D eigenvalue weighted by atomic mass is 9.74. The maximum Gasteiger partial charge on any atom is 0.257 e. The molecule has 0 radical (unpaired) electrons. The van der Waals surface area contributed by atoms with E-state index in [2.05, 4.69) is 6.58 Å². The lowest BCUT2D eigenvalue weighted by Gasteiger charge is -2.42. The van der Waals surface area contributed by atoms with Gasteiger partial charge in [0.05, 0.1) is 7.11 Å². The van der Waals surface area contributed by atoms with Crippen molar-refractivity contribution in [1.29, 1.82) is 0 Å². The number of allylic oxidation sites excluding steroid dienone is 2. The zero-order chi connectivity index (χ0) is 21.2. The molecule has 0 fully saturated rings. The molecule has 0 N–H and O–H groups in total. The van der Waals surface area contributed by atoms with Crippen LogP contribution in [-0.4, -0.2) is 42.7 Å². The van der Waals surface area contributed by atoms with Gasteiger partial charge < -0.3 is 9.64 Å². The van der Waals surface area contributed by atoms with Crippen LogP contribution in [0.25, 0.3) is 5.57 Å². The Morgan fingerprint density at radius 2 is 1.70 bits per heavy atom. The molecular formula is C25H22N2O3. The zero-order valence-electron chi connectivity index (χ0n) is 17.2. The van der Waals surface area contributed by atoms with E-state index in [0.717, 1.165) is 22.4 Å². The number of likely N-dealkylation sites (N-methyl/N-ethyl adjacent to an activating group) is 1. The van der Waals surface area contributed by atoms with Crippen LogP contribution in [0.5, 0.6) is 5.75 Å². The van der Waals surface area contributed by atoms with Crippen molar-refractivity contribution in [3.05, 3.63) is 94.5 Å². The maximum atomic E-state index is 13.5. The molecule has 5 heteroatoms. The van der Waals surface area contributed by atoms with Gasteiger partial charge in [-0.2, -0.15) is 0 Å². The molecule has 1 heterocycles. The van der Waals surface area contributed by atoms with Crippen molar-refractivity contribution in [2.24, 2.45) is 0 Å². The summed E-state index contributed by atoms with van der Waals surface area (Å²) in [6.07, 6.45) is 0.531. The number of amides is 1. The molecule has 2 aromatic carbocycles. The molecule has 0 spiro atoms. The average Bonchev–Trinajstić information content (AvgIpc) is 3.07. The standard InChI is InChI=1S/C25H22N2O3/c1-14-26(2)20-13-19-17-10-5-6-11-18(17)24(28)22(19)21(23(20)25(29)27(14)3)15-8-7-9-16(12-15)30-4/h5-12,21H,1,13H2,2-4H3. The molecule has 5 nitrogen and oxygen atoms in total. The summed E-state index contributed by atoms with van der Waals surface area (Å²) in [5.41, 5.74) is 5.78. The predicted octanol–water partition coefficient (Wildman–Crippen LogP) is 3.96. The number of ketones is 1. The summed E-state index contributed by atoms with van der Waals surface area (Å²) in [6.45, 7) is 4.08. The van der Waals surface area contributed by atoms with E-state index in [1.54, 1.807) is 19.1 Å². The lowest BCUT2D eigenvalue weighted by Crippen LogP contribution is -2.44. The molecule has 0 saturated heterocycles. The molecular weight excluding hydrogens is 376 g/mol. The predicted molar refractivity (Wildman–Crippen MR) is 115 cm³/mol. The van der Waals surface area contributed by atoms with Gasteiger partial charge in [0.25, 0.3) is 5.91 Å². The third kappa shape index (κ3) is 2.35. The number of methoxy groups -OCH3 is 1. The first kappa shape index (κ1) is 18.4. The highest BCUT2D eigenvalue weighted by molar-refractivity contribution is 6.23. The Morgan fingerprint density at radius 1 is 0.967 bits per heavy atom. The Labute approximate surface area is 175 Å². The van der Waals surface area contributed by atoms with Crippen LogP contribution in [-0.2, 0) is 4.79 Å². The number of hydrogen-bond donors (Lipinski definition) is 0. The van der Waals surface area contributed by atoms with E-state index in [4.69, 9.17) is 4.74 Å². The van der Waals surface area contributed by atoms with Crippen molar-refractivity contribution >= 4 is 17.3 Å². The largest absolute Gasteiger partial charge is 0.497 e. The Bertz CT molecular complexity index is 1200. The highest BCUT2D eigenvalue weighted by atomic mass is 16.5. The Balaban J connectivity index is 1.79. The molecule has 1 unspecified atom stereocenters. The number of fused-ring (bicyclic) bond motifs is 2. The average molecular weight is 398 g/mol. The van der Waals surface area contributed by atoms with Gasteiger partial charge in [-0.3, -0.25) is 14.5 Å². The molecule has 1 aliphatic heterocycles. The van der Waals surface area contributed by atoms with Crippen LogP contribution in [0, 0.1) is 0 Å².